The molecule has 1 atom stereocenters. The van der Waals surface area contributed by atoms with E-state index in [1.165, 1.54) is 24.0 Å². The largest absolute Gasteiger partial charge is 0.483 e. The lowest BCUT2D eigenvalue weighted by Gasteiger charge is -2.22. The maximum atomic E-state index is 12.8. The summed E-state index contributed by atoms with van der Waals surface area (Å²) in [5.41, 5.74) is 5.94. The van der Waals surface area contributed by atoms with Gasteiger partial charge in [0.15, 0.2) is 6.61 Å². The molecule has 4 rings (SSSR count). The van der Waals surface area contributed by atoms with E-state index < -0.39 is 5.97 Å². The minimum Gasteiger partial charge on any atom is -0.483 e. The van der Waals surface area contributed by atoms with Crippen LogP contribution in [0.5, 0.6) is 5.75 Å². The van der Waals surface area contributed by atoms with Crippen LogP contribution in [0.3, 0.4) is 0 Å². The van der Waals surface area contributed by atoms with Crippen molar-refractivity contribution >= 4 is 28.2 Å². The number of benzene rings is 2. The third-order valence-electron chi connectivity index (χ3n) is 6.13. The average Bonchev–Trinajstić information content (AvgIpc) is 3.15. The lowest BCUT2D eigenvalue weighted by molar-refractivity contribution is -0.118. The highest BCUT2D eigenvalue weighted by molar-refractivity contribution is 7.17. The fourth-order valence-corrected chi connectivity index (χ4v) is 6.03. The Morgan fingerprint density at radius 1 is 1.09 bits per heavy atom. The van der Waals surface area contributed by atoms with Gasteiger partial charge in [0.25, 0.3) is 5.91 Å². The second-order valence-electron chi connectivity index (χ2n) is 8.61. The molecule has 0 fully saturated rings. The van der Waals surface area contributed by atoms with Gasteiger partial charge in [-0.1, -0.05) is 48.0 Å². The third-order valence-corrected chi connectivity index (χ3v) is 7.30. The summed E-state index contributed by atoms with van der Waals surface area (Å²) in [5.74, 6) is 0.423. The summed E-state index contributed by atoms with van der Waals surface area (Å²) in [6.07, 6.45) is 2.59. The Labute approximate surface area is 198 Å². The molecule has 33 heavy (non-hydrogen) atoms. The molecule has 1 aliphatic rings. The Hall–Kier alpha value is -3.12. The standard InChI is InChI=1S/C27H29NO4S/c1-16-12-17(2)25(18(3)13-16)32-15-23(29)28-26-24(27(30)31-4)21-11-10-20(14-22(21)33-26)19-8-6-5-7-9-19/h5-9,12-13,20H,10-11,14-15H2,1-4H3,(H,28,29)/t20-/m1/s1. The molecule has 1 aliphatic carbocycles. The van der Waals surface area contributed by atoms with E-state index in [0.29, 0.717) is 16.5 Å². The zero-order chi connectivity index (χ0) is 23.5. The van der Waals surface area contributed by atoms with E-state index in [2.05, 4.69) is 29.6 Å². The van der Waals surface area contributed by atoms with Crippen molar-refractivity contribution in [3.8, 4) is 5.75 Å². The molecule has 3 aromatic rings. The van der Waals surface area contributed by atoms with Crippen molar-refractivity contribution in [3.63, 3.8) is 0 Å². The van der Waals surface area contributed by atoms with Gasteiger partial charge in [-0.2, -0.15) is 0 Å². The van der Waals surface area contributed by atoms with Crippen LogP contribution in [0.4, 0.5) is 5.00 Å². The maximum Gasteiger partial charge on any atom is 0.341 e. The number of ether oxygens (including phenoxy) is 2. The van der Waals surface area contributed by atoms with Crippen molar-refractivity contribution in [2.75, 3.05) is 19.0 Å². The van der Waals surface area contributed by atoms with E-state index in [9.17, 15) is 9.59 Å². The first-order valence-corrected chi connectivity index (χ1v) is 12.0. The summed E-state index contributed by atoms with van der Waals surface area (Å²) in [6.45, 7) is 5.85. The van der Waals surface area contributed by atoms with Gasteiger partial charge in [-0.15, -0.1) is 11.3 Å². The number of carbonyl (C=O) groups excluding carboxylic acids is 2. The predicted molar refractivity (Wildman–Crippen MR) is 132 cm³/mol. The van der Waals surface area contributed by atoms with Crippen molar-refractivity contribution in [2.24, 2.45) is 0 Å². The van der Waals surface area contributed by atoms with E-state index in [0.717, 1.165) is 52.1 Å². The lowest BCUT2D eigenvalue weighted by Crippen LogP contribution is -2.21. The first kappa shape index (κ1) is 23.1. The molecule has 1 amide bonds. The van der Waals surface area contributed by atoms with Crippen LogP contribution in [0.25, 0.3) is 0 Å². The monoisotopic (exact) mass is 463 g/mol. The van der Waals surface area contributed by atoms with Crippen molar-refractivity contribution in [2.45, 2.75) is 46.0 Å². The van der Waals surface area contributed by atoms with E-state index >= 15 is 0 Å². The fourth-order valence-electron chi connectivity index (χ4n) is 4.70. The summed E-state index contributed by atoms with van der Waals surface area (Å²) in [5, 5.41) is 3.46. The van der Waals surface area contributed by atoms with Crippen molar-refractivity contribution in [1.82, 2.24) is 0 Å². The smallest absolute Gasteiger partial charge is 0.341 e. The molecular formula is C27H29NO4S. The van der Waals surface area contributed by atoms with E-state index in [1.807, 2.05) is 39.0 Å². The zero-order valence-electron chi connectivity index (χ0n) is 19.5. The second kappa shape index (κ2) is 9.79. The van der Waals surface area contributed by atoms with Gasteiger partial charge in [0, 0.05) is 4.88 Å². The van der Waals surface area contributed by atoms with E-state index in [-0.39, 0.29) is 12.5 Å². The Balaban J connectivity index is 1.52. The molecule has 0 spiro atoms. The van der Waals surface area contributed by atoms with Crippen LogP contribution in [0.15, 0.2) is 42.5 Å². The first-order valence-electron chi connectivity index (χ1n) is 11.2. The number of esters is 1. The van der Waals surface area contributed by atoms with Crippen LogP contribution in [0.1, 0.15) is 55.4 Å². The van der Waals surface area contributed by atoms with Crippen LogP contribution in [-0.2, 0) is 22.4 Å². The molecule has 2 aromatic carbocycles. The lowest BCUT2D eigenvalue weighted by atomic mass is 9.83. The molecule has 1 aromatic heterocycles. The summed E-state index contributed by atoms with van der Waals surface area (Å²) >= 11 is 1.47. The molecule has 1 heterocycles. The van der Waals surface area contributed by atoms with Gasteiger partial charge in [0.1, 0.15) is 10.8 Å². The van der Waals surface area contributed by atoms with Gasteiger partial charge in [-0.3, -0.25) is 4.79 Å². The Morgan fingerprint density at radius 3 is 2.45 bits per heavy atom. The zero-order valence-corrected chi connectivity index (χ0v) is 20.3. The quantitative estimate of drug-likeness (QED) is 0.473. The van der Waals surface area contributed by atoms with Crippen LogP contribution in [0.2, 0.25) is 0 Å². The first-order chi connectivity index (χ1) is 15.9. The molecular weight excluding hydrogens is 434 g/mol. The number of hydrogen-bond acceptors (Lipinski definition) is 5. The van der Waals surface area contributed by atoms with Crippen LogP contribution in [-0.4, -0.2) is 25.6 Å². The summed E-state index contributed by atoms with van der Waals surface area (Å²) in [4.78, 5) is 26.5. The van der Waals surface area contributed by atoms with Crippen molar-refractivity contribution in [1.29, 1.82) is 0 Å². The number of rotatable bonds is 6. The molecule has 0 aliphatic heterocycles. The normalized spacial score (nSPS) is 15.0. The number of hydrogen-bond donors (Lipinski definition) is 1. The summed E-state index contributed by atoms with van der Waals surface area (Å²) < 4.78 is 10.9. The van der Waals surface area contributed by atoms with Crippen LogP contribution >= 0.6 is 11.3 Å². The number of aryl methyl sites for hydroxylation is 3. The maximum absolute atomic E-state index is 12.8. The number of methoxy groups -OCH3 is 1. The Morgan fingerprint density at radius 2 is 1.79 bits per heavy atom. The molecule has 1 N–H and O–H groups in total. The van der Waals surface area contributed by atoms with Gasteiger partial charge in [0.2, 0.25) is 0 Å². The molecule has 0 bridgehead atoms. The number of amides is 1. The fraction of sp³-hybridized carbons (Fsp3) is 0.333. The predicted octanol–water partition coefficient (Wildman–Crippen LogP) is 5.75. The van der Waals surface area contributed by atoms with E-state index in [1.54, 1.807) is 0 Å². The number of carbonyl (C=O) groups is 2. The molecule has 5 nitrogen and oxygen atoms in total. The SMILES string of the molecule is COC(=O)c1c(NC(=O)COc2c(C)cc(C)cc2C)sc2c1CC[C@@H](c1ccccc1)C2. The Bertz CT molecular complexity index is 1160. The number of nitrogens with one attached hydrogen (secondary N) is 1. The number of fused-ring (bicyclic) bond motifs is 1. The molecule has 172 valence electrons. The number of anilines is 1. The average molecular weight is 464 g/mol. The molecule has 0 saturated carbocycles. The third kappa shape index (κ3) is 4.96. The van der Waals surface area contributed by atoms with Gasteiger partial charge in [0.05, 0.1) is 12.7 Å². The van der Waals surface area contributed by atoms with Gasteiger partial charge >= 0.3 is 5.97 Å². The molecule has 0 saturated heterocycles. The van der Waals surface area contributed by atoms with Crippen LogP contribution in [0, 0.1) is 20.8 Å². The second-order valence-corrected chi connectivity index (χ2v) is 9.72. The topological polar surface area (TPSA) is 64.6 Å². The minimum atomic E-state index is -0.410. The summed E-state index contributed by atoms with van der Waals surface area (Å²) in [7, 11) is 1.37. The van der Waals surface area contributed by atoms with E-state index in [4.69, 9.17) is 9.47 Å². The number of thiophene rings is 1. The van der Waals surface area contributed by atoms with Gasteiger partial charge in [-0.05, 0) is 68.2 Å². The molecule has 6 heteroatoms. The van der Waals surface area contributed by atoms with Crippen LogP contribution < -0.4 is 10.1 Å². The molecule has 0 radical (unpaired) electrons. The Kier molecular flexibility index (Phi) is 6.84. The minimum absolute atomic E-state index is 0.124. The highest BCUT2D eigenvalue weighted by Crippen LogP contribution is 2.42. The highest BCUT2D eigenvalue weighted by Gasteiger charge is 2.30. The highest BCUT2D eigenvalue weighted by atomic mass is 32.1. The molecule has 0 unspecified atom stereocenters. The summed E-state index contributed by atoms with van der Waals surface area (Å²) in [6, 6.07) is 14.5. The van der Waals surface area contributed by atoms with Gasteiger partial charge in [-0.25, -0.2) is 4.79 Å². The van der Waals surface area contributed by atoms with Gasteiger partial charge < -0.3 is 14.8 Å². The van der Waals surface area contributed by atoms with Crippen molar-refractivity contribution in [3.05, 3.63) is 80.7 Å². The van der Waals surface area contributed by atoms with Crippen molar-refractivity contribution < 1.29 is 19.1 Å².